The minimum Gasteiger partial charge on any atom is -0.381 e. The van der Waals surface area contributed by atoms with Gasteiger partial charge < -0.3 is 15.0 Å². The predicted molar refractivity (Wildman–Crippen MR) is 90.9 cm³/mol. The molecule has 0 radical (unpaired) electrons. The van der Waals surface area contributed by atoms with Crippen LogP contribution in [0.2, 0.25) is 0 Å². The molecule has 0 saturated carbocycles. The number of piperidine rings is 1. The van der Waals surface area contributed by atoms with Crippen molar-refractivity contribution in [1.29, 1.82) is 0 Å². The maximum absolute atomic E-state index is 5.43. The molecule has 0 spiro atoms. The molecule has 21 heavy (non-hydrogen) atoms. The molecule has 1 aromatic rings. The van der Waals surface area contributed by atoms with Crippen LogP contribution in [0.1, 0.15) is 37.7 Å². The van der Waals surface area contributed by atoms with Crippen molar-refractivity contribution >= 4 is 21.6 Å². The summed E-state index contributed by atoms with van der Waals surface area (Å²) in [5.41, 5.74) is 2.83. The van der Waals surface area contributed by atoms with Crippen LogP contribution in [0.5, 0.6) is 0 Å². The number of halogens is 1. The molecule has 0 atom stereocenters. The molecule has 2 aliphatic rings. The van der Waals surface area contributed by atoms with Crippen molar-refractivity contribution in [3.63, 3.8) is 0 Å². The van der Waals surface area contributed by atoms with Gasteiger partial charge in [0.25, 0.3) is 0 Å². The first-order valence-corrected chi connectivity index (χ1v) is 8.97. The van der Waals surface area contributed by atoms with Crippen LogP contribution in [0.25, 0.3) is 0 Å². The number of benzene rings is 1. The Morgan fingerprint density at radius 1 is 1.14 bits per heavy atom. The minimum absolute atomic E-state index is 0.608. The summed E-state index contributed by atoms with van der Waals surface area (Å²) < 4.78 is 6.61. The Hall–Kier alpha value is -0.580. The Morgan fingerprint density at radius 2 is 1.90 bits per heavy atom. The highest BCUT2D eigenvalue weighted by atomic mass is 79.9. The number of nitrogens with one attached hydrogen (secondary N) is 1. The number of hydrogen-bond acceptors (Lipinski definition) is 3. The Bertz CT molecular complexity index is 454. The van der Waals surface area contributed by atoms with E-state index in [1.807, 2.05) is 0 Å². The van der Waals surface area contributed by atoms with Gasteiger partial charge in [-0.3, -0.25) is 0 Å². The molecule has 2 saturated heterocycles. The topological polar surface area (TPSA) is 24.5 Å². The predicted octanol–water partition coefficient (Wildman–Crippen LogP) is 3.71. The maximum Gasteiger partial charge on any atom is 0.0480 e. The Morgan fingerprint density at radius 3 is 2.67 bits per heavy atom. The van der Waals surface area contributed by atoms with Gasteiger partial charge in [-0.25, -0.2) is 0 Å². The summed E-state index contributed by atoms with van der Waals surface area (Å²) in [6, 6.07) is 7.32. The smallest absolute Gasteiger partial charge is 0.0480 e. The fourth-order valence-electron chi connectivity index (χ4n) is 3.27. The number of anilines is 1. The Kier molecular flexibility index (Phi) is 5.55. The number of rotatable bonds is 4. The van der Waals surface area contributed by atoms with E-state index in [9.17, 15) is 0 Å². The molecule has 4 heteroatoms. The number of hydrogen-bond donors (Lipinski definition) is 1. The average molecular weight is 353 g/mol. The second-order valence-corrected chi connectivity index (χ2v) is 7.00. The molecule has 0 unspecified atom stereocenters. The zero-order chi connectivity index (χ0) is 14.5. The zero-order valence-corrected chi connectivity index (χ0v) is 14.2. The highest BCUT2D eigenvalue weighted by Crippen LogP contribution is 2.28. The maximum atomic E-state index is 5.43. The van der Waals surface area contributed by atoms with Gasteiger partial charge in [0, 0.05) is 49.0 Å². The fourth-order valence-corrected chi connectivity index (χ4v) is 3.62. The second kappa shape index (κ2) is 7.61. The monoisotopic (exact) mass is 352 g/mol. The van der Waals surface area contributed by atoms with Crippen molar-refractivity contribution in [2.75, 3.05) is 31.2 Å². The third-order valence-corrected chi connectivity index (χ3v) is 5.04. The first kappa shape index (κ1) is 15.3. The molecule has 0 amide bonds. The third-order valence-electron chi connectivity index (χ3n) is 4.55. The summed E-state index contributed by atoms with van der Waals surface area (Å²) in [7, 11) is 0. The molecule has 0 bridgehead atoms. The standard InChI is InChI=1S/C17H25BrN2O/c18-15-5-4-14(13-19-16-6-10-21-11-7-16)17(12-15)20-8-2-1-3-9-20/h4-5,12,16,19H,1-3,6-11,13H2. The highest BCUT2D eigenvalue weighted by molar-refractivity contribution is 9.10. The summed E-state index contributed by atoms with van der Waals surface area (Å²) in [6.45, 7) is 5.15. The Labute approximate surface area is 136 Å². The largest absolute Gasteiger partial charge is 0.381 e. The molecule has 3 rings (SSSR count). The number of nitrogens with zero attached hydrogens (tertiary/aromatic N) is 1. The van der Waals surface area contributed by atoms with Gasteiger partial charge in [-0.15, -0.1) is 0 Å². The minimum atomic E-state index is 0.608. The van der Waals surface area contributed by atoms with Crippen molar-refractivity contribution in [3.8, 4) is 0 Å². The lowest BCUT2D eigenvalue weighted by molar-refractivity contribution is 0.0776. The van der Waals surface area contributed by atoms with E-state index in [0.29, 0.717) is 6.04 Å². The molecule has 0 aromatic heterocycles. The van der Waals surface area contributed by atoms with Crippen molar-refractivity contribution in [2.24, 2.45) is 0 Å². The van der Waals surface area contributed by atoms with Gasteiger partial charge in [0.2, 0.25) is 0 Å². The van der Waals surface area contributed by atoms with Crippen LogP contribution in [-0.4, -0.2) is 32.3 Å². The van der Waals surface area contributed by atoms with Crippen LogP contribution in [0.4, 0.5) is 5.69 Å². The van der Waals surface area contributed by atoms with Gasteiger partial charge in [0.05, 0.1) is 0 Å². The first-order chi connectivity index (χ1) is 10.3. The van der Waals surface area contributed by atoms with Crippen molar-refractivity contribution in [1.82, 2.24) is 5.32 Å². The Balaban J connectivity index is 1.68. The molecule has 116 valence electrons. The van der Waals surface area contributed by atoms with E-state index in [1.165, 1.54) is 48.1 Å². The van der Waals surface area contributed by atoms with Crippen LogP contribution in [-0.2, 0) is 11.3 Å². The van der Waals surface area contributed by atoms with Crippen LogP contribution >= 0.6 is 15.9 Å². The molecular weight excluding hydrogens is 328 g/mol. The van der Waals surface area contributed by atoms with Crippen LogP contribution < -0.4 is 10.2 Å². The van der Waals surface area contributed by atoms with Gasteiger partial charge in [-0.1, -0.05) is 22.0 Å². The molecule has 1 N–H and O–H groups in total. The van der Waals surface area contributed by atoms with E-state index in [4.69, 9.17) is 4.74 Å². The first-order valence-electron chi connectivity index (χ1n) is 8.17. The summed E-state index contributed by atoms with van der Waals surface area (Å²) in [4.78, 5) is 2.55. The van der Waals surface area contributed by atoms with E-state index in [-0.39, 0.29) is 0 Å². The quantitative estimate of drug-likeness (QED) is 0.893. The van der Waals surface area contributed by atoms with Gasteiger partial charge >= 0.3 is 0 Å². The van der Waals surface area contributed by atoms with Gasteiger partial charge in [-0.05, 0) is 49.8 Å². The summed E-state index contributed by atoms with van der Waals surface area (Å²) in [5.74, 6) is 0. The molecule has 0 aliphatic carbocycles. The molecule has 1 aromatic carbocycles. The van der Waals surface area contributed by atoms with Gasteiger partial charge in [-0.2, -0.15) is 0 Å². The molecule has 2 aliphatic heterocycles. The lowest BCUT2D eigenvalue weighted by Gasteiger charge is -2.31. The second-order valence-electron chi connectivity index (χ2n) is 6.09. The van der Waals surface area contributed by atoms with E-state index in [2.05, 4.69) is 44.3 Å². The molecule has 2 fully saturated rings. The van der Waals surface area contributed by atoms with E-state index >= 15 is 0 Å². The molecule has 2 heterocycles. The van der Waals surface area contributed by atoms with Crippen molar-refractivity contribution in [3.05, 3.63) is 28.2 Å². The lowest BCUT2D eigenvalue weighted by Crippen LogP contribution is -2.35. The van der Waals surface area contributed by atoms with Gasteiger partial charge in [0.15, 0.2) is 0 Å². The molecular formula is C17H25BrN2O. The normalized spacial score (nSPS) is 20.7. The fraction of sp³-hybridized carbons (Fsp3) is 0.647. The highest BCUT2D eigenvalue weighted by Gasteiger charge is 2.17. The average Bonchev–Trinajstić information content (AvgIpc) is 2.55. The lowest BCUT2D eigenvalue weighted by atomic mass is 10.1. The van der Waals surface area contributed by atoms with E-state index < -0.39 is 0 Å². The number of ether oxygens (including phenoxy) is 1. The third kappa shape index (κ3) is 4.21. The summed E-state index contributed by atoms with van der Waals surface area (Å²) >= 11 is 3.63. The van der Waals surface area contributed by atoms with Crippen LogP contribution in [0.15, 0.2) is 22.7 Å². The molecule has 3 nitrogen and oxygen atoms in total. The van der Waals surface area contributed by atoms with E-state index in [0.717, 1.165) is 32.6 Å². The van der Waals surface area contributed by atoms with Crippen LogP contribution in [0.3, 0.4) is 0 Å². The van der Waals surface area contributed by atoms with Crippen molar-refractivity contribution < 1.29 is 4.74 Å². The zero-order valence-electron chi connectivity index (χ0n) is 12.6. The van der Waals surface area contributed by atoms with Crippen LogP contribution in [0, 0.1) is 0 Å². The SMILES string of the molecule is Brc1ccc(CNC2CCOCC2)c(N2CCCCC2)c1. The summed E-state index contributed by atoms with van der Waals surface area (Å²) in [5, 5.41) is 3.71. The van der Waals surface area contributed by atoms with Gasteiger partial charge in [0.1, 0.15) is 0 Å². The summed E-state index contributed by atoms with van der Waals surface area (Å²) in [6.07, 6.45) is 6.28. The van der Waals surface area contributed by atoms with E-state index in [1.54, 1.807) is 0 Å². The van der Waals surface area contributed by atoms with Crippen molar-refractivity contribution in [2.45, 2.75) is 44.7 Å².